The molecular weight excluding hydrogens is 234 g/mol. The molecule has 0 fully saturated rings. The largest absolute Gasteiger partial charge is 0.497 e. The molecule has 2 aromatic rings. The molecule has 6 nitrogen and oxygen atoms in total. The van der Waals surface area contributed by atoms with E-state index in [9.17, 15) is 4.79 Å². The molecule has 0 spiro atoms. The number of hydrogen-bond acceptors (Lipinski definition) is 5. The van der Waals surface area contributed by atoms with Crippen molar-refractivity contribution in [2.45, 2.75) is 12.8 Å². The molecule has 3 N–H and O–H groups in total. The van der Waals surface area contributed by atoms with E-state index in [2.05, 4.69) is 9.97 Å². The smallest absolute Gasteiger partial charge is 0.303 e. The fraction of sp³-hybridized carbons (Fsp3) is 0.250. The Morgan fingerprint density at radius 1 is 1.44 bits per heavy atom. The van der Waals surface area contributed by atoms with E-state index in [0.717, 1.165) is 5.39 Å². The van der Waals surface area contributed by atoms with Gasteiger partial charge in [-0.15, -0.1) is 0 Å². The zero-order chi connectivity index (χ0) is 13.1. The minimum Gasteiger partial charge on any atom is -0.497 e. The zero-order valence-electron chi connectivity index (χ0n) is 9.88. The van der Waals surface area contributed by atoms with Crippen LogP contribution in [0.15, 0.2) is 18.2 Å². The van der Waals surface area contributed by atoms with Gasteiger partial charge in [0.15, 0.2) is 0 Å². The molecule has 18 heavy (non-hydrogen) atoms. The van der Waals surface area contributed by atoms with E-state index >= 15 is 0 Å². The number of aryl methyl sites for hydroxylation is 1. The Labute approximate surface area is 103 Å². The molecule has 94 valence electrons. The van der Waals surface area contributed by atoms with Crippen molar-refractivity contribution in [3.8, 4) is 5.75 Å². The topological polar surface area (TPSA) is 98.3 Å². The van der Waals surface area contributed by atoms with E-state index in [1.807, 2.05) is 6.07 Å². The van der Waals surface area contributed by atoms with Gasteiger partial charge in [0.2, 0.25) is 5.95 Å². The number of benzene rings is 1. The number of carbonyl (C=O) groups is 1. The highest BCUT2D eigenvalue weighted by Gasteiger charge is 2.09. The first-order valence-corrected chi connectivity index (χ1v) is 5.42. The Morgan fingerprint density at radius 2 is 2.22 bits per heavy atom. The summed E-state index contributed by atoms with van der Waals surface area (Å²) in [5.74, 6) is -0.0604. The Kier molecular flexibility index (Phi) is 3.27. The molecular formula is C12H13N3O3. The van der Waals surface area contributed by atoms with Crippen molar-refractivity contribution < 1.29 is 14.6 Å². The molecule has 0 bridgehead atoms. The number of aliphatic carboxylic acids is 1. The fourth-order valence-electron chi connectivity index (χ4n) is 1.74. The van der Waals surface area contributed by atoms with Gasteiger partial charge in [-0.1, -0.05) is 0 Å². The lowest BCUT2D eigenvalue weighted by atomic mass is 10.1. The van der Waals surface area contributed by atoms with Gasteiger partial charge in [-0.2, -0.15) is 0 Å². The Bertz CT molecular complexity index is 598. The number of rotatable bonds is 4. The van der Waals surface area contributed by atoms with Crippen LogP contribution in [0.3, 0.4) is 0 Å². The molecule has 0 amide bonds. The minimum atomic E-state index is -0.867. The summed E-state index contributed by atoms with van der Waals surface area (Å²) in [6.45, 7) is 0. The third kappa shape index (κ3) is 2.48. The van der Waals surface area contributed by atoms with E-state index in [1.54, 1.807) is 19.2 Å². The lowest BCUT2D eigenvalue weighted by Crippen LogP contribution is -2.04. The van der Waals surface area contributed by atoms with Crippen LogP contribution in [0.4, 0.5) is 5.95 Å². The highest BCUT2D eigenvalue weighted by atomic mass is 16.5. The second-order valence-corrected chi connectivity index (χ2v) is 3.81. The van der Waals surface area contributed by atoms with Gasteiger partial charge < -0.3 is 15.6 Å². The van der Waals surface area contributed by atoms with Crippen molar-refractivity contribution in [3.63, 3.8) is 0 Å². The first kappa shape index (κ1) is 12.1. The van der Waals surface area contributed by atoms with Crippen LogP contribution in [0.25, 0.3) is 10.9 Å². The predicted octanol–water partition coefficient (Wildman–Crippen LogP) is 1.24. The fourth-order valence-corrected chi connectivity index (χ4v) is 1.74. The summed E-state index contributed by atoms with van der Waals surface area (Å²) in [5.41, 5.74) is 6.91. The maximum absolute atomic E-state index is 10.6. The van der Waals surface area contributed by atoms with Gasteiger partial charge in [-0.05, 0) is 12.1 Å². The molecule has 0 atom stereocenters. The van der Waals surface area contributed by atoms with Gasteiger partial charge in [-0.3, -0.25) is 4.79 Å². The number of carboxylic acid groups (broad SMARTS) is 1. The number of fused-ring (bicyclic) bond motifs is 1. The SMILES string of the molecule is COc1ccc2c(CCC(=O)O)nc(N)nc2c1. The summed E-state index contributed by atoms with van der Waals surface area (Å²) in [6.07, 6.45) is 0.336. The van der Waals surface area contributed by atoms with Gasteiger partial charge in [0.05, 0.1) is 24.7 Å². The van der Waals surface area contributed by atoms with Crippen molar-refractivity contribution in [2.24, 2.45) is 0 Å². The normalized spacial score (nSPS) is 10.5. The van der Waals surface area contributed by atoms with Gasteiger partial charge in [0, 0.05) is 17.9 Å². The van der Waals surface area contributed by atoms with Crippen LogP contribution in [-0.2, 0) is 11.2 Å². The monoisotopic (exact) mass is 247 g/mol. The van der Waals surface area contributed by atoms with Crippen LogP contribution >= 0.6 is 0 Å². The van der Waals surface area contributed by atoms with Crippen LogP contribution < -0.4 is 10.5 Å². The molecule has 0 aliphatic carbocycles. The summed E-state index contributed by atoms with van der Waals surface area (Å²) in [6, 6.07) is 5.34. The van der Waals surface area contributed by atoms with Crippen molar-refractivity contribution in [1.82, 2.24) is 9.97 Å². The molecule has 0 unspecified atom stereocenters. The molecule has 6 heteroatoms. The van der Waals surface area contributed by atoms with E-state index < -0.39 is 5.97 Å². The number of nitrogens with zero attached hydrogens (tertiary/aromatic N) is 2. The molecule has 2 rings (SSSR count). The Morgan fingerprint density at radius 3 is 2.89 bits per heavy atom. The van der Waals surface area contributed by atoms with Crippen LogP contribution in [0.1, 0.15) is 12.1 Å². The summed E-state index contributed by atoms with van der Waals surface area (Å²) in [4.78, 5) is 18.8. The van der Waals surface area contributed by atoms with E-state index in [1.165, 1.54) is 0 Å². The molecule has 1 aromatic carbocycles. The maximum atomic E-state index is 10.6. The Hall–Kier alpha value is -2.37. The van der Waals surface area contributed by atoms with Gasteiger partial charge >= 0.3 is 5.97 Å². The number of nitrogens with two attached hydrogens (primary N) is 1. The van der Waals surface area contributed by atoms with Gasteiger partial charge in [0.1, 0.15) is 5.75 Å². The number of ether oxygens (including phenoxy) is 1. The van der Waals surface area contributed by atoms with Gasteiger partial charge in [-0.25, -0.2) is 9.97 Å². The maximum Gasteiger partial charge on any atom is 0.303 e. The second kappa shape index (κ2) is 4.87. The van der Waals surface area contributed by atoms with Crippen LogP contribution in [0.2, 0.25) is 0 Å². The molecule has 0 saturated heterocycles. The molecule has 0 aliphatic rings. The van der Waals surface area contributed by atoms with E-state index in [4.69, 9.17) is 15.6 Å². The number of methoxy groups -OCH3 is 1. The number of hydrogen-bond donors (Lipinski definition) is 2. The van der Waals surface area contributed by atoms with Crippen molar-refractivity contribution in [1.29, 1.82) is 0 Å². The van der Waals surface area contributed by atoms with E-state index in [0.29, 0.717) is 23.4 Å². The Balaban J connectivity index is 2.48. The quantitative estimate of drug-likeness (QED) is 0.843. The highest BCUT2D eigenvalue weighted by molar-refractivity contribution is 5.83. The molecule has 0 radical (unpaired) electrons. The summed E-state index contributed by atoms with van der Waals surface area (Å²) < 4.78 is 5.10. The van der Waals surface area contributed by atoms with Crippen LogP contribution in [0, 0.1) is 0 Å². The molecule has 0 aliphatic heterocycles. The second-order valence-electron chi connectivity index (χ2n) is 3.81. The summed E-state index contributed by atoms with van der Waals surface area (Å²) in [7, 11) is 1.57. The van der Waals surface area contributed by atoms with Gasteiger partial charge in [0.25, 0.3) is 0 Å². The third-order valence-electron chi connectivity index (χ3n) is 2.58. The number of carboxylic acids is 1. The predicted molar refractivity (Wildman–Crippen MR) is 66.5 cm³/mol. The van der Waals surface area contributed by atoms with E-state index in [-0.39, 0.29) is 12.4 Å². The lowest BCUT2D eigenvalue weighted by molar-refractivity contribution is -0.136. The average molecular weight is 247 g/mol. The van der Waals surface area contributed by atoms with Crippen LogP contribution in [0.5, 0.6) is 5.75 Å². The lowest BCUT2D eigenvalue weighted by Gasteiger charge is -2.07. The minimum absolute atomic E-state index is 0.0115. The number of anilines is 1. The van der Waals surface area contributed by atoms with Crippen molar-refractivity contribution >= 4 is 22.8 Å². The third-order valence-corrected chi connectivity index (χ3v) is 2.58. The number of aromatic nitrogens is 2. The van der Waals surface area contributed by atoms with Crippen LogP contribution in [-0.4, -0.2) is 28.2 Å². The first-order chi connectivity index (χ1) is 8.60. The molecule has 1 aromatic heterocycles. The molecule has 0 saturated carbocycles. The standard InChI is InChI=1S/C12H13N3O3/c1-18-7-2-3-8-9(4-5-11(16)17)14-12(13)15-10(8)6-7/h2-3,6H,4-5H2,1H3,(H,16,17)(H2,13,14,15). The first-order valence-electron chi connectivity index (χ1n) is 5.42. The van der Waals surface area contributed by atoms with Crippen molar-refractivity contribution in [3.05, 3.63) is 23.9 Å². The summed E-state index contributed by atoms with van der Waals surface area (Å²) >= 11 is 0. The molecule has 1 heterocycles. The highest BCUT2D eigenvalue weighted by Crippen LogP contribution is 2.22. The summed E-state index contributed by atoms with van der Waals surface area (Å²) in [5, 5.41) is 9.50. The number of nitrogen functional groups attached to an aromatic ring is 1. The van der Waals surface area contributed by atoms with Crippen molar-refractivity contribution in [2.75, 3.05) is 12.8 Å². The zero-order valence-corrected chi connectivity index (χ0v) is 9.88. The average Bonchev–Trinajstić information content (AvgIpc) is 2.34.